The van der Waals surface area contributed by atoms with Crippen LogP contribution in [0.1, 0.15) is 21.9 Å². The minimum Gasteiger partial charge on any atom is -0.463 e. The van der Waals surface area contributed by atoms with Crippen LogP contribution in [0, 0.1) is 0 Å². The molecule has 1 heterocycles. The molecule has 0 fully saturated rings. The number of hydrogen-bond acceptors (Lipinski definition) is 3. The molecule has 0 aliphatic heterocycles. The molecule has 0 aliphatic rings. The van der Waals surface area contributed by atoms with Gasteiger partial charge in [0.2, 0.25) is 5.76 Å². The lowest BCUT2D eigenvalue weighted by Gasteiger charge is -2.01. The van der Waals surface area contributed by atoms with E-state index in [1.54, 1.807) is 12.1 Å². The fourth-order valence-electron chi connectivity index (χ4n) is 1.49. The summed E-state index contributed by atoms with van der Waals surface area (Å²) in [5, 5.41) is 0. The summed E-state index contributed by atoms with van der Waals surface area (Å²) < 4.78 is 9.95. The first kappa shape index (κ1) is 11.2. The van der Waals surface area contributed by atoms with E-state index < -0.39 is 5.97 Å². The van der Waals surface area contributed by atoms with Gasteiger partial charge in [-0.2, -0.15) is 0 Å². The van der Waals surface area contributed by atoms with E-state index in [4.69, 9.17) is 4.42 Å². The number of methoxy groups -OCH3 is 1. The van der Waals surface area contributed by atoms with E-state index in [-0.39, 0.29) is 5.76 Å². The van der Waals surface area contributed by atoms with Crippen molar-refractivity contribution < 1.29 is 13.9 Å². The van der Waals surface area contributed by atoms with E-state index in [0.717, 1.165) is 11.1 Å². The van der Waals surface area contributed by atoms with Gasteiger partial charge in [0, 0.05) is 5.57 Å². The standard InChI is InChI=1S/C14H12O3/c1-10(11-6-4-3-5-7-11)12-8-9-13(17-12)14(15)16-2/h3-9H,1H2,2H3. The van der Waals surface area contributed by atoms with Crippen molar-refractivity contribution in [2.45, 2.75) is 0 Å². The van der Waals surface area contributed by atoms with Gasteiger partial charge in [0.05, 0.1) is 7.11 Å². The molecule has 2 rings (SSSR count). The first-order valence-electron chi connectivity index (χ1n) is 5.15. The van der Waals surface area contributed by atoms with Crippen LogP contribution in [-0.4, -0.2) is 13.1 Å². The van der Waals surface area contributed by atoms with Gasteiger partial charge in [0.25, 0.3) is 0 Å². The molecule has 3 nitrogen and oxygen atoms in total. The molecule has 0 unspecified atom stereocenters. The zero-order valence-corrected chi connectivity index (χ0v) is 9.47. The van der Waals surface area contributed by atoms with Crippen molar-refractivity contribution in [3.05, 3.63) is 66.1 Å². The normalized spacial score (nSPS) is 9.94. The first-order chi connectivity index (χ1) is 8.22. The van der Waals surface area contributed by atoms with E-state index >= 15 is 0 Å². The molecule has 0 saturated heterocycles. The van der Waals surface area contributed by atoms with E-state index in [0.29, 0.717) is 5.76 Å². The fraction of sp³-hybridized carbons (Fsp3) is 0.0714. The third-order valence-electron chi connectivity index (χ3n) is 2.41. The summed E-state index contributed by atoms with van der Waals surface area (Å²) in [5.74, 6) is 0.258. The van der Waals surface area contributed by atoms with Gasteiger partial charge in [0.1, 0.15) is 5.76 Å². The average Bonchev–Trinajstić information content (AvgIpc) is 2.87. The van der Waals surface area contributed by atoms with Crippen molar-refractivity contribution in [1.82, 2.24) is 0 Å². The van der Waals surface area contributed by atoms with Gasteiger partial charge in [0.15, 0.2) is 0 Å². The summed E-state index contributed by atoms with van der Waals surface area (Å²) in [6.07, 6.45) is 0. The summed E-state index contributed by atoms with van der Waals surface area (Å²) in [7, 11) is 1.32. The predicted octanol–water partition coefficient (Wildman–Crippen LogP) is 3.13. The summed E-state index contributed by atoms with van der Waals surface area (Å²) in [6, 6.07) is 12.9. The molecule has 0 radical (unpaired) electrons. The lowest BCUT2D eigenvalue weighted by atomic mass is 10.1. The van der Waals surface area contributed by atoms with Crippen molar-refractivity contribution in [1.29, 1.82) is 0 Å². The molecule has 0 aliphatic carbocycles. The lowest BCUT2D eigenvalue weighted by molar-refractivity contribution is 0.0564. The smallest absolute Gasteiger partial charge is 0.373 e. The van der Waals surface area contributed by atoms with Crippen LogP contribution in [0.3, 0.4) is 0 Å². The Bertz CT molecular complexity index is 538. The van der Waals surface area contributed by atoms with Crippen LogP contribution in [0.15, 0.2) is 53.5 Å². The third-order valence-corrected chi connectivity index (χ3v) is 2.41. The molecule has 17 heavy (non-hydrogen) atoms. The maximum absolute atomic E-state index is 11.2. The van der Waals surface area contributed by atoms with Crippen LogP contribution >= 0.6 is 0 Å². The second-order valence-electron chi connectivity index (χ2n) is 3.50. The summed E-state index contributed by atoms with van der Waals surface area (Å²) in [5.41, 5.74) is 1.69. The van der Waals surface area contributed by atoms with Crippen LogP contribution in [0.4, 0.5) is 0 Å². The summed E-state index contributed by atoms with van der Waals surface area (Å²) in [4.78, 5) is 11.2. The Hall–Kier alpha value is -2.29. The van der Waals surface area contributed by atoms with Crippen LogP contribution in [0.2, 0.25) is 0 Å². The van der Waals surface area contributed by atoms with Gasteiger partial charge in [-0.1, -0.05) is 36.9 Å². The minimum atomic E-state index is -0.489. The van der Waals surface area contributed by atoms with Gasteiger partial charge < -0.3 is 9.15 Å². The van der Waals surface area contributed by atoms with Crippen molar-refractivity contribution in [2.24, 2.45) is 0 Å². The zero-order chi connectivity index (χ0) is 12.3. The number of furan rings is 1. The van der Waals surface area contributed by atoms with Gasteiger partial charge in [-0.15, -0.1) is 0 Å². The van der Waals surface area contributed by atoms with Gasteiger partial charge >= 0.3 is 5.97 Å². The van der Waals surface area contributed by atoms with Crippen molar-refractivity contribution >= 4 is 11.5 Å². The Morgan fingerprint density at radius 2 is 1.76 bits per heavy atom. The van der Waals surface area contributed by atoms with Crippen LogP contribution in [0.25, 0.3) is 5.57 Å². The SMILES string of the molecule is C=C(c1ccccc1)c1ccc(C(=O)OC)o1. The quantitative estimate of drug-likeness (QED) is 0.757. The molecule has 0 atom stereocenters. The van der Waals surface area contributed by atoms with Gasteiger partial charge in [-0.3, -0.25) is 0 Å². The number of benzene rings is 1. The Morgan fingerprint density at radius 3 is 2.41 bits per heavy atom. The maximum Gasteiger partial charge on any atom is 0.373 e. The highest BCUT2D eigenvalue weighted by molar-refractivity contribution is 5.87. The summed E-state index contributed by atoms with van der Waals surface area (Å²) in [6.45, 7) is 3.95. The molecule has 0 bridgehead atoms. The number of rotatable bonds is 3. The highest BCUT2D eigenvalue weighted by Crippen LogP contribution is 2.23. The lowest BCUT2D eigenvalue weighted by Crippen LogP contribution is -1.98. The molecule has 0 amide bonds. The van der Waals surface area contributed by atoms with E-state index in [2.05, 4.69) is 11.3 Å². The topological polar surface area (TPSA) is 39.4 Å². The molecule has 1 aromatic heterocycles. The third kappa shape index (κ3) is 2.28. The molecule has 0 N–H and O–H groups in total. The van der Waals surface area contributed by atoms with Gasteiger partial charge in [-0.05, 0) is 17.7 Å². The van der Waals surface area contributed by atoms with Crippen LogP contribution in [0.5, 0.6) is 0 Å². The van der Waals surface area contributed by atoms with Crippen LogP contribution in [-0.2, 0) is 4.74 Å². The van der Waals surface area contributed by atoms with Gasteiger partial charge in [-0.25, -0.2) is 4.79 Å². The van der Waals surface area contributed by atoms with Crippen molar-refractivity contribution in [3.63, 3.8) is 0 Å². The molecule has 0 spiro atoms. The summed E-state index contributed by atoms with van der Waals surface area (Å²) >= 11 is 0. The second-order valence-corrected chi connectivity index (χ2v) is 3.50. The maximum atomic E-state index is 11.2. The monoisotopic (exact) mass is 228 g/mol. The molecule has 0 saturated carbocycles. The molecule has 86 valence electrons. The Morgan fingerprint density at radius 1 is 1.12 bits per heavy atom. The van der Waals surface area contributed by atoms with E-state index in [9.17, 15) is 4.79 Å². The molecule has 1 aromatic carbocycles. The Kier molecular flexibility index (Phi) is 3.10. The first-order valence-corrected chi connectivity index (χ1v) is 5.15. The number of carbonyl (C=O) groups is 1. The van der Waals surface area contributed by atoms with Crippen molar-refractivity contribution in [2.75, 3.05) is 7.11 Å². The number of hydrogen-bond donors (Lipinski definition) is 0. The van der Waals surface area contributed by atoms with Crippen molar-refractivity contribution in [3.8, 4) is 0 Å². The van der Waals surface area contributed by atoms with E-state index in [1.165, 1.54) is 7.11 Å². The number of ether oxygens (including phenoxy) is 1. The van der Waals surface area contributed by atoms with E-state index in [1.807, 2.05) is 30.3 Å². The molecular formula is C14H12O3. The molecular weight excluding hydrogens is 216 g/mol. The minimum absolute atomic E-state index is 0.180. The fourth-order valence-corrected chi connectivity index (χ4v) is 1.49. The average molecular weight is 228 g/mol. The molecule has 2 aromatic rings. The number of esters is 1. The van der Waals surface area contributed by atoms with Crippen LogP contribution < -0.4 is 0 Å². The molecule has 3 heteroatoms. The highest BCUT2D eigenvalue weighted by Gasteiger charge is 2.13. The Labute approximate surface area is 99.3 Å². The highest BCUT2D eigenvalue weighted by atomic mass is 16.5. The zero-order valence-electron chi connectivity index (χ0n) is 9.47. The second kappa shape index (κ2) is 4.70. The largest absolute Gasteiger partial charge is 0.463 e. The Balaban J connectivity index is 2.27. The predicted molar refractivity (Wildman–Crippen MR) is 64.6 cm³/mol. The number of carbonyl (C=O) groups excluding carboxylic acids is 1.